The van der Waals surface area contributed by atoms with E-state index in [0.29, 0.717) is 24.6 Å². The molecule has 6 heteroatoms. The van der Waals surface area contributed by atoms with Gasteiger partial charge in [0, 0.05) is 36.7 Å². The lowest BCUT2D eigenvalue weighted by molar-refractivity contribution is -0.130. The van der Waals surface area contributed by atoms with Crippen LogP contribution in [0.15, 0.2) is 30.3 Å². The highest BCUT2D eigenvalue weighted by molar-refractivity contribution is 5.96. The van der Waals surface area contributed by atoms with Gasteiger partial charge >= 0.3 is 0 Å². The first-order chi connectivity index (χ1) is 12.2. The van der Waals surface area contributed by atoms with Gasteiger partial charge in [0.15, 0.2) is 0 Å². The summed E-state index contributed by atoms with van der Waals surface area (Å²) in [6.07, 6.45) is 4.10. The molecule has 1 aromatic carbocycles. The number of aromatic nitrogens is 2. The minimum absolute atomic E-state index is 0.0321. The van der Waals surface area contributed by atoms with Crippen molar-refractivity contribution in [3.63, 3.8) is 0 Å². The van der Waals surface area contributed by atoms with Crippen molar-refractivity contribution in [2.45, 2.75) is 31.6 Å². The number of fused-ring (bicyclic) bond motifs is 1. The van der Waals surface area contributed by atoms with E-state index in [1.165, 1.54) is 29.8 Å². The lowest BCUT2D eigenvalue weighted by Gasteiger charge is -2.20. The molecular weight excluding hydrogens is 316 g/mol. The fourth-order valence-electron chi connectivity index (χ4n) is 3.41. The Morgan fingerprint density at radius 1 is 1.16 bits per heavy atom. The zero-order chi connectivity index (χ0) is 17.2. The topological polar surface area (TPSA) is 78.1 Å². The fraction of sp³-hybridized carbons (Fsp3) is 0.421. The molecule has 1 aromatic heterocycles. The smallest absolute Gasteiger partial charge is 0.251 e. The van der Waals surface area contributed by atoms with Crippen molar-refractivity contribution in [3.05, 3.63) is 52.8 Å². The second-order valence-electron chi connectivity index (χ2n) is 6.77. The van der Waals surface area contributed by atoms with Gasteiger partial charge in [-0.25, -0.2) is 0 Å². The van der Waals surface area contributed by atoms with Gasteiger partial charge in [0.1, 0.15) is 0 Å². The first-order valence-electron chi connectivity index (χ1n) is 8.89. The van der Waals surface area contributed by atoms with Crippen LogP contribution in [0.5, 0.6) is 0 Å². The number of carbonyl (C=O) groups excluding carboxylic acids is 2. The first-order valence-corrected chi connectivity index (χ1v) is 8.89. The van der Waals surface area contributed by atoms with Crippen molar-refractivity contribution in [2.75, 3.05) is 19.6 Å². The Morgan fingerprint density at radius 2 is 1.92 bits per heavy atom. The Kier molecular flexibility index (Phi) is 4.26. The van der Waals surface area contributed by atoms with Gasteiger partial charge < -0.3 is 10.2 Å². The molecule has 0 unspecified atom stereocenters. The summed E-state index contributed by atoms with van der Waals surface area (Å²) in [7, 11) is 0. The minimum atomic E-state index is -0.214. The molecule has 2 amide bonds. The number of nitrogens with one attached hydrogen (secondary N) is 2. The van der Waals surface area contributed by atoms with Crippen molar-refractivity contribution in [2.24, 2.45) is 0 Å². The second-order valence-corrected chi connectivity index (χ2v) is 6.77. The summed E-state index contributed by atoms with van der Waals surface area (Å²) in [6, 6.07) is 8.96. The van der Waals surface area contributed by atoms with Gasteiger partial charge in [-0.05, 0) is 37.0 Å². The predicted octanol–water partition coefficient (Wildman–Crippen LogP) is 1.64. The van der Waals surface area contributed by atoms with Gasteiger partial charge in [0.2, 0.25) is 5.91 Å². The average Bonchev–Trinajstić information content (AvgIpc) is 3.45. The van der Waals surface area contributed by atoms with Crippen LogP contribution in [-0.2, 0) is 17.6 Å². The highest BCUT2D eigenvalue weighted by atomic mass is 16.2. The number of amides is 2. The van der Waals surface area contributed by atoms with E-state index in [-0.39, 0.29) is 18.4 Å². The van der Waals surface area contributed by atoms with Crippen molar-refractivity contribution in [1.29, 1.82) is 0 Å². The molecule has 130 valence electrons. The van der Waals surface area contributed by atoms with E-state index in [2.05, 4.69) is 15.5 Å². The number of H-pyrrole nitrogens is 1. The number of hydrogen-bond donors (Lipinski definition) is 2. The number of rotatable bonds is 4. The highest BCUT2D eigenvalue weighted by Gasteiger charge is 2.31. The van der Waals surface area contributed by atoms with Gasteiger partial charge in [-0.2, -0.15) is 5.10 Å². The van der Waals surface area contributed by atoms with Crippen molar-refractivity contribution < 1.29 is 9.59 Å². The Hall–Kier alpha value is -2.63. The zero-order valence-corrected chi connectivity index (χ0v) is 14.1. The highest BCUT2D eigenvalue weighted by Crippen LogP contribution is 2.41. The molecule has 25 heavy (non-hydrogen) atoms. The standard InChI is InChI=1S/C19H22N4O2/c24-17(12-20-19(25)14-4-2-1-3-5-14)23-10-8-15-16(9-11-23)21-22-18(15)13-6-7-13/h1-5,13H,6-12H2,(H,20,25)(H,21,22). The normalized spacial score (nSPS) is 16.9. The maximum absolute atomic E-state index is 12.5. The third kappa shape index (κ3) is 3.43. The monoisotopic (exact) mass is 338 g/mol. The van der Waals surface area contributed by atoms with Gasteiger partial charge in [-0.15, -0.1) is 0 Å². The lowest BCUT2D eigenvalue weighted by Crippen LogP contribution is -2.41. The SMILES string of the molecule is O=C(NCC(=O)N1CCc2[nH]nc(C3CC3)c2CC1)c1ccccc1. The van der Waals surface area contributed by atoms with E-state index in [0.717, 1.165) is 12.8 Å². The molecule has 4 rings (SSSR count). The quantitative estimate of drug-likeness (QED) is 0.890. The predicted molar refractivity (Wildman–Crippen MR) is 93.3 cm³/mol. The molecule has 2 aliphatic rings. The molecule has 6 nitrogen and oxygen atoms in total. The molecule has 1 saturated carbocycles. The van der Waals surface area contributed by atoms with Crippen LogP contribution in [0.3, 0.4) is 0 Å². The Morgan fingerprint density at radius 3 is 2.68 bits per heavy atom. The summed E-state index contributed by atoms with van der Waals surface area (Å²) in [5.41, 5.74) is 4.26. The summed E-state index contributed by atoms with van der Waals surface area (Å²) >= 11 is 0. The maximum Gasteiger partial charge on any atom is 0.251 e. The zero-order valence-electron chi connectivity index (χ0n) is 14.1. The van der Waals surface area contributed by atoms with Gasteiger partial charge in [0.05, 0.1) is 12.2 Å². The van der Waals surface area contributed by atoms with E-state index in [4.69, 9.17) is 0 Å². The molecule has 0 atom stereocenters. The summed E-state index contributed by atoms with van der Waals surface area (Å²) in [6.45, 7) is 1.39. The molecule has 0 saturated heterocycles. The number of benzene rings is 1. The number of aromatic amines is 1. The Labute approximate surface area is 146 Å². The number of nitrogens with zero attached hydrogens (tertiary/aromatic N) is 2. The lowest BCUT2D eigenvalue weighted by atomic mass is 10.1. The van der Waals surface area contributed by atoms with Crippen LogP contribution >= 0.6 is 0 Å². The summed E-state index contributed by atoms with van der Waals surface area (Å²) in [5.74, 6) is 0.372. The third-order valence-corrected chi connectivity index (χ3v) is 5.00. The van der Waals surface area contributed by atoms with Crippen molar-refractivity contribution >= 4 is 11.8 Å². The summed E-state index contributed by atoms with van der Waals surface area (Å²) < 4.78 is 0. The van der Waals surface area contributed by atoms with E-state index in [1.807, 2.05) is 23.1 Å². The van der Waals surface area contributed by atoms with Gasteiger partial charge in [-0.1, -0.05) is 18.2 Å². The van der Waals surface area contributed by atoms with Crippen LogP contribution < -0.4 is 5.32 Å². The molecule has 2 heterocycles. The minimum Gasteiger partial charge on any atom is -0.343 e. The molecule has 2 N–H and O–H groups in total. The molecule has 1 aliphatic heterocycles. The third-order valence-electron chi connectivity index (χ3n) is 5.00. The second kappa shape index (κ2) is 6.70. The van der Waals surface area contributed by atoms with Crippen LogP contribution in [0.1, 0.15) is 46.1 Å². The molecule has 0 bridgehead atoms. The van der Waals surface area contributed by atoms with Crippen LogP contribution in [0.4, 0.5) is 0 Å². The molecule has 0 spiro atoms. The van der Waals surface area contributed by atoms with Crippen molar-refractivity contribution in [1.82, 2.24) is 20.4 Å². The number of hydrogen-bond acceptors (Lipinski definition) is 3. The van der Waals surface area contributed by atoms with E-state index in [1.54, 1.807) is 12.1 Å². The maximum atomic E-state index is 12.5. The van der Waals surface area contributed by atoms with Crippen LogP contribution in [0, 0.1) is 0 Å². The van der Waals surface area contributed by atoms with E-state index >= 15 is 0 Å². The molecule has 0 radical (unpaired) electrons. The number of carbonyl (C=O) groups is 2. The van der Waals surface area contributed by atoms with E-state index in [9.17, 15) is 9.59 Å². The van der Waals surface area contributed by atoms with Crippen molar-refractivity contribution in [3.8, 4) is 0 Å². The molecule has 1 fully saturated rings. The summed E-state index contributed by atoms with van der Waals surface area (Å²) in [4.78, 5) is 26.4. The largest absolute Gasteiger partial charge is 0.343 e. The van der Waals surface area contributed by atoms with Gasteiger partial charge in [-0.3, -0.25) is 14.7 Å². The molecule has 2 aromatic rings. The van der Waals surface area contributed by atoms with Crippen LogP contribution in [0.25, 0.3) is 0 Å². The van der Waals surface area contributed by atoms with Crippen LogP contribution in [-0.4, -0.2) is 46.5 Å². The molecular formula is C19H22N4O2. The summed E-state index contributed by atoms with van der Waals surface area (Å²) in [5, 5.41) is 10.4. The molecule has 1 aliphatic carbocycles. The Balaban J connectivity index is 1.33. The van der Waals surface area contributed by atoms with E-state index < -0.39 is 0 Å². The average molecular weight is 338 g/mol. The fourth-order valence-corrected chi connectivity index (χ4v) is 3.41. The van der Waals surface area contributed by atoms with Crippen LogP contribution in [0.2, 0.25) is 0 Å². The van der Waals surface area contributed by atoms with Gasteiger partial charge in [0.25, 0.3) is 5.91 Å². The Bertz CT molecular complexity index is 780. The first kappa shape index (κ1) is 15.9.